The zero-order valence-electron chi connectivity index (χ0n) is 5.96. The molecule has 1 heterocycles. The fourth-order valence-electron chi connectivity index (χ4n) is 1.02. The van der Waals surface area contributed by atoms with Crippen molar-refractivity contribution in [2.75, 3.05) is 0 Å². The van der Waals surface area contributed by atoms with Crippen LogP contribution in [0.4, 0.5) is 0 Å². The molecule has 0 radical (unpaired) electrons. The van der Waals surface area contributed by atoms with Crippen molar-refractivity contribution in [1.82, 2.24) is 9.97 Å². The maximum atomic E-state index is 5.86. The Balaban J connectivity index is 2.94. The molecule has 1 aromatic carbocycles. The van der Waals surface area contributed by atoms with Crippen LogP contribution in [0.1, 0.15) is 0 Å². The van der Waals surface area contributed by atoms with Crippen molar-refractivity contribution >= 4 is 38.4 Å². The molecule has 12 heavy (non-hydrogen) atoms. The monoisotopic (exact) mass is 242 g/mol. The van der Waals surface area contributed by atoms with E-state index >= 15 is 0 Å². The second-order valence-corrected chi connectivity index (χ2v) is 3.51. The Labute approximate surface area is 82.7 Å². The van der Waals surface area contributed by atoms with Gasteiger partial charge in [0.05, 0.1) is 5.52 Å². The molecule has 60 valence electrons. The Hall–Kier alpha value is -0.670. The lowest BCUT2D eigenvalue weighted by Crippen LogP contribution is -1.83. The second-order valence-electron chi connectivity index (χ2n) is 2.30. The molecule has 0 atom stereocenters. The van der Waals surface area contributed by atoms with Gasteiger partial charge in [0.25, 0.3) is 0 Å². The quantitative estimate of drug-likeness (QED) is 0.665. The summed E-state index contributed by atoms with van der Waals surface area (Å²) in [7, 11) is 0. The summed E-state index contributed by atoms with van der Waals surface area (Å²) in [6.45, 7) is 0. The van der Waals surface area contributed by atoms with Crippen molar-refractivity contribution < 1.29 is 0 Å². The van der Waals surface area contributed by atoms with E-state index in [0.29, 0.717) is 5.15 Å². The number of nitrogens with zero attached hydrogens (tertiary/aromatic N) is 2. The lowest BCUT2D eigenvalue weighted by Gasteiger charge is -1.98. The SMILES string of the molecule is Clc1ncnc2c(Br)cccc12. The van der Waals surface area contributed by atoms with Gasteiger partial charge in [0, 0.05) is 9.86 Å². The Bertz CT molecular complexity index is 389. The second kappa shape index (κ2) is 2.99. The van der Waals surface area contributed by atoms with Crippen LogP contribution < -0.4 is 0 Å². The summed E-state index contributed by atoms with van der Waals surface area (Å²) in [5.74, 6) is 0. The number of fused-ring (bicyclic) bond motifs is 1. The van der Waals surface area contributed by atoms with Crippen LogP contribution in [0.5, 0.6) is 0 Å². The van der Waals surface area contributed by atoms with Crippen LogP contribution in [0.25, 0.3) is 10.9 Å². The number of para-hydroxylation sites is 1. The van der Waals surface area contributed by atoms with Gasteiger partial charge in [-0.3, -0.25) is 0 Å². The molecule has 0 aliphatic rings. The smallest absolute Gasteiger partial charge is 0.140 e. The lowest BCUT2D eigenvalue weighted by atomic mass is 10.2. The molecule has 0 spiro atoms. The van der Waals surface area contributed by atoms with Crippen LogP contribution in [0.15, 0.2) is 29.0 Å². The zero-order chi connectivity index (χ0) is 8.55. The topological polar surface area (TPSA) is 25.8 Å². The highest BCUT2D eigenvalue weighted by Crippen LogP contribution is 2.25. The van der Waals surface area contributed by atoms with Crippen LogP contribution in [0.2, 0.25) is 5.15 Å². The first kappa shape index (κ1) is 7.95. The Morgan fingerprint density at radius 2 is 2.08 bits per heavy atom. The number of hydrogen-bond acceptors (Lipinski definition) is 2. The Morgan fingerprint density at radius 1 is 1.25 bits per heavy atom. The fourth-order valence-corrected chi connectivity index (χ4v) is 1.68. The largest absolute Gasteiger partial charge is 0.235 e. The molecular weight excluding hydrogens is 239 g/mol. The number of hydrogen-bond donors (Lipinski definition) is 0. The molecule has 4 heteroatoms. The maximum Gasteiger partial charge on any atom is 0.140 e. The minimum absolute atomic E-state index is 0.487. The van der Waals surface area contributed by atoms with E-state index in [4.69, 9.17) is 11.6 Å². The summed E-state index contributed by atoms with van der Waals surface area (Å²) in [6.07, 6.45) is 1.45. The van der Waals surface area contributed by atoms with Gasteiger partial charge in [0.1, 0.15) is 11.5 Å². The predicted molar refractivity (Wildman–Crippen MR) is 52.2 cm³/mol. The minimum Gasteiger partial charge on any atom is -0.235 e. The maximum absolute atomic E-state index is 5.86. The number of aromatic nitrogens is 2. The highest BCUT2D eigenvalue weighted by Gasteiger charge is 2.02. The molecule has 0 unspecified atom stereocenters. The van der Waals surface area contributed by atoms with Gasteiger partial charge in [-0.25, -0.2) is 9.97 Å². The summed E-state index contributed by atoms with van der Waals surface area (Å²) >= 11 is 9.24. The van der Waals surface area contributed by atoms with Gasteiger partial charge >= 0.3 is 0 Å². The van der Waals surface area contributed by atoms with Gasteiger partial charge in [-0.15, -0.1) is 0 Å². The van der Waals surface area contributed by atoms with E-state index in [2.05, 4.69) is 25.9 Å². The molecule has 0 N–H and O–H groups in total. The third-order valence-corrected chi connectivity index (χ3v) is 2.51. The Morgan fingerprint density at radius 3 is 2.83 bits per heavy atom. The molecule has 2 nitrogen and oxygen atoms in total. The molecule has 2 rings (SSSR count). The van der Waals surface area contributed by atoms with E-state index in [9.17, 15) is 0 Å². The van der Waals surface area contributed by atoms with Crippen LogP contribution in [-0.4, -0.2) is 9.97 Å². The fraction of sp³-hybridized carbons (Fsp3) is 0. The van der Waals surface area contributed by atoms with Crippen LogP contribution in [0, 0.1) is 0 Å². The molecule has 1 aromatic heterocycles. The molecular formula is C8H4BrClN2. The van der Waals surface area contributed by atoms with Gasteiger partial charge in [-0.2, -0.15) is 0 Å². The third kappa shape index (κ3) is 1.19. The van der Waals surface area contributed by atoms with E-state index in [0.717, 1.165) is 15.4 Å². The summed E-state index contributed by atoms with van der Waals surface area (Å²) < 4.78 is 0.935. The normalized spacial score (nSPS) is 10.5. The zero-order valence-corrected chi connectivity index (χ0v) is 8.30. The van der Waals surface area contributed by atoms with Gasteiger partial charge in [-0.1, -0.05) is 17.7 Å². The number of halogens is 2. The first-order chi connectivity index (χ1) is 5.79. The minimum atomic E-state index is 0.487. The van der Waals surface area contributed by atoms with E-state index < -0.39 is 0 Å². The van der Waals surface area contributed by atoms with Crippen molar-refractivity contribution in [2.45, 2.75) is 0 Å². The molecule has 0 amide bonds. The van der Waals surface area contributed by atoms with Crippen molar-refractivity contribution in [1.29, 1.82) is 0 Å². The molecule has 0 aliphatic carbocycles. The summed E-state index contributed by atoms with van der Waals surface area (Å²) in [5, 5.41) is 1.36. The van der Waals surface area contributed by atoms with Crippen molar-refractivity contribution in [3.8, 4) is 0 Å². The van der Waals surface area contributed by atoms with Crippen LogP contribution in [0.3, 0.4) is 0 Å². The van der Waals surface area contributed by atoms with Crippen molar-refractivity contribution in [3.05, 3.63) is 34.2 Å². The van der Waals surface area contributed by atoms with Crippen LogP contribution in [-0.2, 0) is 0 Å². The van der Waals surface area contributed by atoms with E-state index in [-0.39, 0.29) is 0 Å². The van der Waals surface area contributed by atoms with E-state index in [1.165, 1.54) is 6.33 Å². The van der Waals surface area contributed by atoms with E-state index in [1.807, 2.05) is 18.2 Å². The number of benzene rings is 1. The highest BCUT2D eigenvalue weighted by atomic mass is 79.9. The molecule has 0 saturated heterocycles. The molecule has 0 aliphatic heterocycles. The average Bonchev–Trinajstić information content (AvgIpc) is 2.07. The van der Waals surface area contributed by atoms with Gasteiger partial charge in [0.2, 0.25) is 0 Å². The molecule has 0 fully saturated rings. The molecule has 0 saturated carbocycles. The Kier molecular flexibility index (Phi) is 1.98. The average molecular weight is 243 g/mol. The predicted octanol–water partition coefficient (Wildman–Crippen LogP) is 3.05. The first-order valence-electron chi connectivity index (χ1n) is 3.34. The summed E-state index contributed by atoms with van der Waals surface area (Å²) in [6, 6.07) is 5.72. The first-order valence-corrected chi connectivity index (χ1v) is 4.51. The number of rotatable bonds is 0. The third-order valence-electron chi connectivity index (χ3n) is 1.57. The molecule has 2 aromatic rings. The van der Waals surface area contributed by atoms with E-state index in [1.54, 1.807) is 0 Å². The van der Waals surface area contributed by atoms with Gasteiger partial charge in [0.15, 0.2) is 0 Å². The summed E-state index contributed by atoms with van der Waals surface area (Å²) in [5.41, 5.74) is 0.845. The summed E-state index contributed by atoms with van der Waals surface area (Å²) in [4.78, 5) is 7.98. The van der Waals surface area contributed by atoms with Crippen molar-refractivity contribution in [2.24, 2.45) is 0 Å². The van der Waals surface area contributed by atoms with Crippen LogP contribution >= 0.6 is 27.5 Å². The highest BCUT2D eigenvalue weighted by molar-refractivity contribution is 9.10. The lowest BCUT2D eigenvalue weighted by molar-refractivity contribution is 1.22. The van der Waals surface area contributed by atoms with Gasteiger partial charge < -0.3 is 0 Å². The van der Waals surface area contributed by atoms with Gasteiger partial charge in [-0.05, 0) is 28.1 Å². The molecule has 0 bridgehead atoms. The standard InChI is InChI=1S/C8H4BrClN2/c9-6-3-1-2-5-7(6)11-4-12-8(5)10/h1-4H. The van der Waals surface area contributed by atoms with Crippen molar-refractivity contribution in [3.63, 3.8) is 0 Å².